The Morgan fingerprint density at radius 1 is 1.29 bits per heavy atom. The van der Waals surface area contributed by atoms with E-state index < -0.39 is 11.9 Å². The molecule has 0 spiro atoms. The Bertz CT molecular complexity index is 323. The second-order valence-corrected chi connectivity index (χ2v) is 2.91. The normalized spacial score (nSPS) is 12.4. The molecule has 1 N–H and O–H groups in total. The van der Waals surface area contributed by atoms with Gasteiger partial charge >= 0.3 is 0 Å². The van der Waals surface area contributed by atoms with Gasteiger partial charge in [-0.05, 0) is 24.6 Å². The summed E-state index contributed by atoms with van der Waals surface area (Å²) in [4.78, 5) is 0. The van der Waals surface area contributed by atoms with Crippen LogP contribution in [0.4, 0.5) is 4.39 Å². The number of rotatable bonds is 3. The summed E-state index contributed by atoms with van der Waals surface area (Å²) < 4.78 is 23.1. The molecule has 0 amide bonds. The summed E-state index contributed by atoms with van der Waals surface area (Å²) in [5.41, 5.74) is 0.458. The standard InChI is InChI=1S/C10H13FO3/c1-6(12)7-4-8(11)10(14-3)9(5-7)13-2/h4-6,12H,1-3H3. The van der Waals surface area contributed by atoms with Crippen molar-refractivity contribution in [1.29, 1.82) is 0 Å². The lowest BCUT2D eigenvalue weighted by Gasteiger charge is -2.12. The summed E-state index contributed by atoms with van der Waals surface area (Å²) in [6.07, 6.45) is -0.732. The molecular formula is C10H13FO3. The molecule has 1 rings (SSSR count). The molecule has 0 saturated carbocycles. The van der Waals surface area contributed by atoms with Gasteiger partial charge in [0, 0.05) is 0 Å². The number of aliphatic hydroxyl groups is 1. The van der Waals surface area contributed by atoms with Gasteiger partial charge in [-0.25, -0.2) is 4.39 Å². The molecule has 1 aromatic rings. The van der Waals surface area contributed by atoms with Crippen molar-refractivity contribution < 1.29 is 19.0 Å². The zero-order valence-electron chi connectivity index (χ0n) is 8.37. The topological polar surface area (TPSA) is 38.7 Å². The molecule has 0 aliphatic carbocycles. The molecule has 0 fully saturated rings. The van der Waals surface area contributed by atoms with Crippen LogP contribution in [-0.2, 0) is 0 Å². The Balaban J connectivity index is 3.24. The van der Waals surface area contributed by atoms with Crippen molar-refractivity contribution in [1.82, 2.24) is 0 Å². The number of hydrogen-bond acceptors (Lipinski definition) is 3. The van der Waals surface area contributed by atoms with Crippen molar-refractivity contribution in [2.45, 2.75) is 13.0 Å². The molecule has 1 unspecified atom stereocenters. The van der Waals surface area contributed by atoms with Gasteiger partial charge in [0.1, 0.15) is 0 Å². The monoisotopic (exact) mass is 200 g/mol. The highest BCUT2D eigenvalue weighted by molar-refractivity contribution is 5.44. The molecule has 0 radical (unpaired) electrons. The largest absolute Gasteiger partial charge is 0.493 e. The van der Waals surface area contributed by atoms with E-state index in [1.807, 2.05) is 0 Å². The second kappa shape index (κ2) is 4.28. The number of halogens is 1. The molecule has 0 aliphatic heterocycles. The predicted molar refractivity (Wildman–Crippen MR) is 50.1 cm³/mol. The average Bonchev–Trinajstić information content (AvgIpc) is 2.16. The number of hydrogen-bond donors (Lipinski definition) is 1. The Hall–Kier alpha value is -1.29. The summed E-state index contributed by atoms with van der Waals surface area (Å²) >= 11 is 0. The van der Waals surface area contributed by atoms with Gasteiger partial charge in [-0.1, -0.05) is 0 Å². The van der Waals surface area contributed by atoms with Crippen LogP contribution in [0.5, 0.6) is 11.5 Å². The quantitative estimate of drug-likeness (QED) is 0.809. The molecule has 0 aliphatic rings. The lowest BCUT2D eigenvalue weighted by atomic mass is 10.1. The first-order valence-corrected chi connectivity index (χ1v) is 4.19. The molecule has 0 bridgehead atoms. The first-order valence-electron chi connectivity index (χ1n) is 4.19. The molecular weight excluding hydrogens is 187 g/mol. The summed E-state index contributed by atoms with van der Waals surface area (Å²) in [7, 11) is 2.78. The van der Waals surface area contributed by atoms with Crippen molar-refractivity contribution in [3.05, 3.63) is 23.5 Å². The zero-order valence-corrected chi connectivity index (χ0v) is 8.37. The highest BCUT2D eigenvalue weighted by atomic mass is 19.1. The highest BCUT2D eigenvalue weighted by Gasteiger charge is 2.14. The average molecular weight is 200 g/mol. The molecule has 3 nitrogen and oxygen atoms in total. The van der Waals surface area contributed by atoms with Crippen LogP contribution in [0.25, 0.3) is 0 Å². The maximum absolute atomic E-state index is 13.3. The van der Waals surface area contributed by atoms with Gasteiger partial charge in [-0.3, -0.25) is 0 Å². The van der Waals surface area contributed by atoms with E-state index in [0.29, 0.717) is 5.56 Å². The first-order chi connectivity index (χ1) is 6.60. The van der Waals surface area contributed by atoms with Crippen molar-refractivity contribution in [3.8, 4) is 11.5 Å². The van der Waals surface area contributed by atoms with Crippen LogP contribution in [0.3, 0.4) is 0 Å². The van der Waals surface area contributed by atoms with Crippen LogP contribution in [0.2, 0.25) is 0 Å². The zero-order chi connectivity index (χ0) is 10.7. The van der Waals surface area contributed by atoms with Gasteiger partial charge in [0.05, 0.1) is 20.3 Å². The van der Waals surface area contributed by atoms with Crippen LogP contribution in [0.1, 0.15) is 18.6 Å². The maximum atomic E-state index is 13.3. The predicted octanol–water partition coefficient (Wildman–Crippen LogP) is 1.90. The van der Waals surface area contributed by atoms with Crippen LogP contribution in [0.15, 0.2) is 12.1 Å². The number of benzene rings is 1. The van der Waals surface area contributed by atoms with Gasteiger partial charge in [0.15, 0.2) is 17.3 Å². The van der Waals surface area contributed by atoms with E-state index in [0.717, 1.165) is 0 Å². The van der Waals surface area contributed by atoms with Crippen LogP contribution < -0.4 is 9.47 Å². The lowest BCUT2D eigenvalue weighted by molar-refractivity contribution is 0.198. The van der Waals surface area contributed by atoms with E-state index in [-0.39, 0.29) is 11.5 Å². The van der Waals surface area contributed by atoms with E-state index in [9.17, 15) is 9.50 Å². The van der Waals surface area contributed by atoms with Gasteiger partial charge in [-0.15, -0.1) is 0 Å². The van der Waals surface area contributed by atoms with Crippen LogP contribution in [-0.4, -0.2) is 19.3 Å². The van der Waals surface area contributed by atoms with Crippen molar-refractivity contribution in [2.24, 2.45) is 0 Å². The van der Waals surface area contributed by atoms with E-state index in [4.69, 9.17) is 9.47 Å². The molecule has 0 saturated heterocycles. The van der Waals surface area contributed by atoms with Crippen molar-refractivity contribution in [2.75, 3.05) is 14.2 Å². The number of aliphatic hydroxyl groups excluding tert-OH is 1. The van der Waals surface area contributed by atoms with Gasteiger partial charge in [-0.2, -0.15) is 0 Å². The molecule has 1 atom stereocenters. The first kappa shape index (κ1) is 10.8. The molecule has 1 aromatic carbocycles. The fraction of sp³-hybridized carbons (Fsp3) is 0.400. The van der Waals surface area contributed by atoms with Crippen molar-refractivity contribution in [3.63, 3.8) is 0 Å². The van der Waals surface area contributed by atoms with Gasteiger partial charge in [0.2, 0.25) is 0 Å². The Labute approximate surface area is 82.1 Å². The minimum absolute atomic E-state index is 0.0527. The fourth-order valence-corrected chi connectivity index (χ4v) is 1.18. The number of ether oxygens (including phenoxy) is 2. The van der Waals surface area contributed by atoms with Crippen LogP contribution in [0, 0.1) is 5.82 Å². The molecule has 0 heterocycles. The summed E-state index contributed by atoms with van der Waals surface area (Å²) in [6.45, 7) is 1.56. The van der Waals surface area contributed by atoms with E-state index in [1.54, 1.807) is 13.0 Å². The third-order valence-corrected chi connectivity index (χ3v) is 1.94. The lowest BCUT2D eigenvalue weighted by Crippen LogP contribution is -1.98. The third kappa shape index (κ3) is 1.96. The van der Waals surface area contributed by atoms with E-state index >= 15 is 0 Å². The van der Waals surface area contributed by atoms with E-state index in [2.05, 4.69) is 0 Å². The van der Waals surface area contributed by atoms with Crippen molar-refractivity contribution >= 4 is 0 Å². The number of methoxy groups -OCH3 is 2. The summed E-state index contributed by atoms with van der Waals surface area (Å²) in [6, 6.07) is 2.78. The molecule has 4 heteroatoms. The highest BCUT2D eigenvalue weighted by Crippen LogP contribution is 2.33. The minimum Gasteiger partial charge on any atom is -0.493 e. The third-order valence-electron chi connectivity index (χ3n) is 1.94. The Kier molecular flexibility index (Phi) is 3.30. The SMILES string of the molecule is COc1cc(C(C)O)cc(F)c1OC. The van der Waals surface area contributed by atoms with Gasteiger partial charge in [0.25, 0.3) is 0 Å². The Morgan fingerprint density at radius 2 is 1.93 bits per heavy atom. The second-order valence-electron chi connectivity index (χ2n) is 2.91. The molecule has 78 valence electrons. The van der Waals surface area contributed by atoms with E-state index in [1.165, 1.54) is 20.3 Å². The van der Waals surface area contributed by atoms with Gasteiger partial charge < -0.3 is 14.6 Å². The van der Waals surface area contributed by atoms with Crippen LogP contribution >= 0.6 is 0 Å². The molecule has 14 heavy (non-hydrogen) atoms. The fourth-order valence-electron chi connectivity index (χ4n) is 1.18. The summed E-state index contributed by atoms with van der Waals surface area (Å²) in [5.74, 6) is -0.206. The smallest absolute Gasteiger partial charge is 0.196 e. The maximum Gasteiger partial charge on any atom is 0.196 e. The summed E-state index contributed by atoms with van der Waals surface area (Å²) in [5, 5.41) is 9.27. The minimum atomic E-state index is -0.732. The molecule has 0 aromatic heterocycles. The Morgan fingerprint density at radius 3 is 2.36 bits per heavy atom.